The van der Waals surface area contributed by atoms with Gasteiger partial charge in [0.2, 0.25) is 0 Å². The van der Waals surface area contributed by atoms with Gasteiger partial charge in [-0.05, 0) is 43.5 Å². The molecule has 2 rings (SSSR count). The van der Waals surface area contributed by atoms with Crippen molar-refractivity contribution < 1.29 is 9.13 Å². The average Bonchev–Trinajstić information content (AvgIpc) is 3.12. The molecule has 1 fully saturated rings. The van der Waals surface area contributed by atoms with E-state index in [1.54, 1.807) is 0 Å². The molecule has 4 heteroatoms. The Labute approximate surface area is 116 Å². The summed E-state index contributed by atoms with van der Waals surface area (Å²) < 4.78 is 19.4. The SMILES string of the molecule is CN(CCOCC1CC1)Cc1ccc(F)cc1Br. The summed E-state index contributed by atoms with van der Waals surface area (Å²) in [5.74, 6) is 0.614. The van der Waals surface area contributed by atoms with Gasteiger partial charge in [0.15, 0.2) is 0 Å². The van der Waals surface area contributed by atoms with Crippen LogP contribution in [0.4, 0.5) is 4.39 Å². The van der Waals surface area contributed by atoms with Gasteiger partial charge >= 0.3 is 0 Å². The van der Waals surface area contributed by atoms with Gasteiger partial charge in [-0.25, -0.2) is 4.39 Å². The summed E-state index contributed by atoms with van der Waals surface area (Å²) in [5, 5.41) is 0. The third kappa shape index (κ3) is 4.67. The molecular weight excluding hydrogens is 297 g/mol. The Kier molecular flexibility index (Phi) is 5.15. The first-order valence-corrected chi connectivity index (χ1v) is 7.14. The highest BCUT2D eigenvalue weighted by Crippen LogP contribution is 2.28. The van der Waals surface area contributed by atoms with Gasteiger partial charge in [0, 0.05) is 24.2 Å². The van der Waals surface area contributed by atoms with E-state index in [1.807, 2.05) is 6.07 Å². The molecule has 0 N–H and O–H groups in total. The molecule has 2 nitrogen and oxygen atoms in total. The Balaban J connectivity index is 1.70. The topological polar surface area (TPSA) is 12.5 Å². The van der Waals surface area contributed by atoms with Gasteiger partial charge in [0.05, 0.1) is 6.61 Å². The van der Waals surface area contributed by atoms with Crippen molar-refractivity contribution in [3.8, 4) is 0 Å². The molecule has 0 heterocycles. The van der Waals surface area contributed by atoms with Crippen LogP contribution in [0.15, 0.2) is 22.7 Å². The van der Waals surface area contributed by atoms with E-state index in [2.05, 4.69) is 27.9 Å². The lowest BCUT2D eigenvalue weighted by Crippen LogP contribution is -2.23. The Morgan fingerprint density at radius 3 is 2.89 bits per heavy atom. The molecular formula is C14H19BrFNO. The smallest absolute Gasteiger partial charge is 0.124 e. The average molecular weight is 316 g/mol. The lowest BCUT2D eigenvalue weighted by atomic mass is 10.2. The van der Waals surface area contributed by atoms with Crippen molar-refractivity contribution in [2.75, 3.05) is 26.8 Å². The van der Waals surface area contributed by atoms with Gasteiger partial charge in [-0.3, -0.25) is 4.90 Å². The molecule has 1 saturated carbocycles. The van der Waals surface area contributed by atoms with Crippen LogP contribution >= 0.6 is 15.9 Å². The number of benzene rings is 1. The fourth-order valence-electron chi connectivity index (χ4n) is 1.77. The Bertz CT molecular complexity index is 395. The van der Waals surface area contributed by atoms with E-state index in [0.29, 0.717) is 0 Å². The third-order valence-electron chi connectivity index (χ3n) is 3.12. The number of nitrogens with zero attached hydrogens (tertiary/aromatic N) is 1. The first kappa shape index (κ1) is 14.0. The summed E-state index contributed by atoms with van der Waals surface area (Å²) >= 11 is 3.39. The maximum Gasteiger partial charge on any atom is 0.124 e. The zero-order chi connectivity index (χ0) is 13.0. The van der Waals surface area contributed by atoms with Gasteiger partial charge in [-0.1, -0.05) is 22.0 Å². The minimum absolute atomic E-state index is 0.207. The summed E-state index contributed by atoms with van der Waals surface area (Å²) in [6.07, 6.45) is 2.66. The normalized spacial score (nSPS) is 15.3. The second-order valence-electron chi connectivity index (χ2n) is 4.99. The molecule has 1 aromatic carbocycles. The maximum atomic E-state index is 13.0. The molecule has 0 radical (unpaired) electrons. The van der Waals surface area contributed by atoms with Gasteiger partial charge in [-0.2, -0.15) is 0 Å². The fraction of sp³-hybridized carbons (Fsp3) is 0.571. The van der Waals surface area contributed by atoms with Crippen molar-refractivity contribution in [3.05, 3.63) is 34.1 Å². The minimum Gasteiger partial charge on any atom is -0.380 e. The van der Waals surface area contributed by atoms with E-state index in [4.69, 9.17) is 4.74 Å². The highest BCUT2D eigenvalue weighted by molar-refractivity contribution is 9.10. The molecule has 0 saturated heterocycles. The van der Waals surface area contributed by atoms with Gasteiger partial charge in [-0.15, -0.1) is 0 Å². The molecule has 1 aliphatic rings. The van der Waals surface area contributed by atoms with E-state index < -0.39 is 0 Å². The van der Waals surface area contributed by atoms with Crippen molar-refractivity contribution in [3.63, 3.8) is 0 Å². The second-order valence-corrected chi connectivity index (χ2v) is 5.85. The Morgan fingerprint density at radius 2 is 2.22 bits per heavy atom. The molecule has 100 valence electrons. The number of ether oxygens (including phenoxy) is 1. The largest absolute Gasteiger partial charge is 0.380 e. The zero-order valence-corrected chi connectivity index (χ0v) is 12.2. The summed E-state index contributed by atoms with van der Waals surface area (Å²) in [5.41, 5.74) is 1.10. The summed E-state index contributed by atoms with van der Waals surface area (Å²) in [4.78, 5) is 2.19. The Hall–Kier alpha value is -0.450. The zero-order valence-electron chi connectivity index (χ0n) is 10.7. The Morgan fingerprint density at radius 1 is 1.44 bits per heavy atom. The molecule has 0 unspecified atom stereocenters. The van der Waals surface area contributed by atoms with Gasteiger partial charge in [0.25, 0.3) is 0 Å². The third-order valence-corrected chi connectivity index (χ3v) is 3.86. The van der Waals surface area contributed by atoms with Crippen molar-refractivity contribution in [2.45, 2.75) is 19.4 Å². The molecule has 0 amide bonds. The van der Waals surface area contributed by atoms with E-state index in [9.17, 15) is 4.39 Å². The van der Waals surface area contributed by atoms with Crippen LogP contribution in [0.25, 0.3) is 0 Å². The quantitative estimate of drug-likeness (QED) is 0.715. The molecule has 1 aliphatic carbocycles. The molecule has 0 spiro atoms. The molecule has 0 bridgehead atoms. The summed E-state index contributed by atoms with van der Waals surface area (Å²) in [6.45, 7) is 3.38. The van der Waals surface area contributed by atoms with Crippen molar-refractivity contribution >= 4 is 15.9 Å². The number of likely N-dealkylation sites (N-methyl/N-ethyl adjacent to an activating group) is 1. The lowest BCUT2D eigenvalue weighted by molar-refractivity contribution is 0.102. The maximum absolute atomic E-state index is 13.0. The van der Waals surface area contributed by atoms with Crippen molar-refractivity contribution in [1.82, 2.24) is 4.90 Å². The highest BCUT2D eigenvalue weighted by atomic mass is 79.9. The van der Waals surface area contributed by atoms with E-state index in [-0.39, 0.29) is 5.82 Å². The number of rotatable bonds is 7. The molecule has 0 aromatic heterocycles. The standard InChI is InChI=1S/C14H19BrFNO/c1-17(6-7-18-10-11-2-3-11)9-12-4-5-13(16)8-14(12)15/h4-5,8,11H,2-3,6-7,9-10H2,1H3. The minimum atomic E-state index is -0.207. The second kappa shape index (κ2) is 6.64. The van der Waals surface area contributed by atoms with E-state index >= 15 is 0 Å². The van der Waals surface area contributed by atoms with E-state index in [0.717, 1.165) is 42.3 Å². The highest BCUT2D eigenvalue weighted by Gasteiger charge is 2.20. The molecule has 1 aromatic rings. The molecule has 18 heavy (non-hydrogen) atoms. The van der Waals surface area contributed by atoms with Gasteiger partial charge in [0.1, 0.15) is 5.82 Å². The molecule has 0 aliphatic heterocycles. The van der Waals surface area contributed by atoms with Crippen molar-refractivity contribution in [2.24, 2.45) is 5.92 Å². The predicted molar refractivity (Wildman–Crippen MR) is 74.0 cm³/mol. The monoisotopic (exact) mass is 315 g/mol. The van der Waals surface area contributed by atoms with Crippen LogP contribution in [0, 0.1) is 11.7 Å². The van der Waals surface area contributed by atoms with Crippen LogP contribution in [-0.2, 0) is 11.3 Å². The lowest BCUT2D eigenvalue weighted by Gasteiger charge is -2.17. The number of hydrogen-bond acceptors (Lipinski definition) is 2. The van der Waals surface area contributed by atoms with Crippen LogP contribution in [-0.4, -0.2) is 31.7 Å². The fourth-order valence-corrected chi connectivity index (χ4v) is 2.25. The van der Waals surface area contributed by atoms with Crippen LogP contribution < -0.4 is 0 Å². The van der Waals surface area contributed by atoms with Gasteiger partial charge < -0.3 is 4.74 Å². The first-order valence-electron chi connectivity index (χ1n) is 6.35. The van der Waals surface area contributed by atoms with E-state index in [1.165, 1.54) is 25.0 Å². The predicted octanol–water partition coefficient (Wildman–Crippen LogP) is 3.45. The van der Waals surface area contributed by atoms with Crippen LogP contribution in [0.1, 0.15) is 18.4 Å². The summed E-state index contributed by atoms with van der Waals surface area (Å²) in [6, 6.07) is 4.82. The number of halogens is 2. The first-order chi connectivity index (χ1) is 8.65. The van der Waals surface area contributed by atoms with Crippen molar-refractivity contribution in [1.29, 1.82) is 0 Å². The van der Waals surface area contributed by atoms with Crippen LogP contribution in [0.2, 0.25) is 0 Å². The summed E-state index contributed by atoms with van der Waals surface area (Å²) in [7, 11) is 2.05. The van der Waals surface area contributed by atoms with Crippen LogP contribution in [0.3, 0.4) is 0 Å². The molecule has 0 atom stereocenters. The van der Waals surface area contributed by atoms with Crippen LogP contribution in [0.5, 0.6) is 0 Å². The number of hydrogen-bond donors (Lipinski definition) is 0.